The summed E-state index contributed by atoms with van der Waals surface area (Å²) in [6.45, 7) is 2.26. The lowest BCUT2D eigenvalue weighted by molar-refractivity contribution is -0.146. The van der Waals surface area contributed by atoms with Crippen molar-refractivity contribution in [2.75, 3.05) is 0 Å². The van der Waals surface area contributed by atoms with E-state index >= 15 is 0 Å². The SMILES string of the molecule is CC(O)C(N)C(=O)NC(CC(=O)O)C(=O)NC(CC(N)=O)C(=O)NC(C(=O)O)C(C)O. The number of carboxylic acids is 2. The standard InChI is InChI=1S/C16H27N5O10/c1-5(22)11(18)15(29)20-8(4-10(25)26)13(27)19-7(3-9(17)24)14(28)21-12(6(2)23)16(30)31/h5-8,11-12,22-23H,3-4,18H2,1-2H3,(H2,17,24)(H,19,27)(H,20,29)(H,21,28)(H,25,26)(H,30,31). The predicted molar refractivity (Wildman–Crippen MR) is 101 cm³/mol. The van der Waals surface area contributed by atoms with Crippen LogP contribution in [0.3, 0.4) is 0 Å². The highest BCUT2D eigenvalue weighted by Crippen LogP contribution is 2.02. The lowest BCUT2D eigenvalue weighted by Crippen LogP contribution is -2.59. The topological polar surface area (TPSA) is 271 Å². The maximum absolute atomic E-state index is 12.5. The van der Waals surface area contributed by atoms with E-state index in [2.05, 4.69) is 0 Å². The smallest absolute Gasteiger partial charge is 0.328 e. The van der Waals surface area contributed by atoms with Crippen molar-refractivity contribution in [3.8, 4) is 0 Å². The molecule has 0 aliphatic rings. The molecule has 176 valence electrons. The summed E-state index contributed by atoms with van der Waals surface area (Å²) in [5, 5.41) is 42.7. The molecule has 0 saturated carbocycles. The second-order valence-electron chi connectivity index (χ2n) is 6.72. The highest BCUT2D eigenvalue weighted by molar-refractivity contribution is 5.97. The number of carbonyl (C=O) groups excluding carboxylic acids is 4. The zero-order valence-electron chi connectivity index (χ0n) is 16.8. The highest BCUT2D eigenvalue weighted by Gasteiger charge is 2.33. The molecule has 15 nitrogen and oxygen atoms in total. The number of aliphatic hydroxyl groups excluding tert-OH is 2. The number of carbonyl (C=O) groups is 6. The van der Waals surface area contributed by atoms with E-state index in [0.717, 1.165) is 6.92 Å². The summed E-state index contributed by atoms with van der Waals surface area (Å²) in [5.74, 6) is -7.68. The van der Waals surface area contributed by atoms with Crippen LogP contribution in [0.25, 0.3) is 0 Å². The molecular weight excluding hydrogens is 422 g/mol. The molecule has 31 heavy (non-hydrogen) atoms. The van der Waals surface area contributed by atoms with Crippen LogP contribution in [0.1, 0.15) is 26.7 Å². The third-order valence-corrected chi connectivity index (χ3v) is 3.92. The Hall–Kier alpha value is -3.30. The van der Waals surface area contributed by atoms with Crippen molar-refractivity contribution in [3.63, 3.8) is 0 Å². The fraction of sp³-hybridized carbons (Fsp3) is 0.625. The Balaban J connectivity index is 5.56. The molecule has 0 aliphatic carbocycles. The van der Waals surface area contributed by atoms with Gasteiger partial charge < -0.3 is 47.8 Å². The van der Waals surface area contributed by atoms with Crippen LogP contribution in [0.15, 0.2) is 0 Å². The molecule has 0 aliphatic heterocycles. The molecule has 0 aromatic heterocycles. The van der Waals surface area contributed by atoms with Gasteiger partial charge in [-0.3, -0.25) is 24.0 Å². The number of primary amides is 1. The van der Waals surface area contributed by atoms with Gasteiger partial charge in [-0.1, -0.05) is 0 Å². The molecule has 4 amide bonds. The highest BCUT2D eigenvalue weighted by atomic mass is 16.4. The minimum Gasteiger partial charge on any atom is -0.481 e. The molecule has 11 N–H and O–H groups in total. The maximum Gasteiger partial charge on any atom is 0.328 e. The van der Waals surface area contributed by atoms with E-state index in [9.17, 15) is 39.0 Å². The van der Waals surface area contributed by atoms with Crippen molar-refractivity contribution >= 4 is 35.6 Å². The van der Waals surface area contributed by atoms with Crippen LogP contribution in [0.5, 0.6) is 0 Å². The van der Waals surface area contributed by atoms with Gasteiger partial charge in [0.05, 0.1) is 25.0 Å². The molecule has 0 heterocycles. The van der Waals surface area contributed by atoms with Crippen LogP contribution in [0.4, 0.5) is 0 Å². The van der Waals surface area contributed by atoms with Crippen molar-refractivity contribution in [2.24, 2.45) is 11.5 Å². The van der Waals surface area contributed by atoms with Crippen molar-refractivity contribution in [3.05, 3.63) is 0 Å². The molecule has 0 rings (SSSR count). The Morgan fingerprint density at radius 2 is 1.23 bits per heavy atom. The number of hydrogen-bond acceptors (Lipinski definition) is 9. The molecule has 0 fully saturated rings. The van der Waals surface area contributed by atoms with Crippen LogP contribution >= 0.6 is 0 Å². The van der Waals surface area contributed by atoms with Gasteiger partial charge in [0.25, 0.3) is 0 Å². The average molecular weight is 449 g/mol. The fourth-order valence-electron chi connectivity index (χ4n) is 2.20. The van der Waals surface area contributed by atoms with Crippen molar-refractivity contribution in [1.82, 2.24) is 16.0 Å². The third kappa shape index (κ3) is 9.83. The second-order valence-corrected chi connectivity index (χ2v) is 6.72. The molecular formula is C16H27N5O10. The number of hydrogen-bond donors (Lipinski definition) is 9. The fourth-order valence-corrected chi connectivity index (χ4v) is 2.20. The van der Waals surface area contributed by atoms with E-state index in [-0.39, 0.29) is 0 Å². The Morgan fingerprint density at radius 1 is 0.774 bits per heavy atom. The predicted octanol–water partition coefficient (Wildman–Crippen LogP) is -5.04. The quantitative estimate of drug-likeness (QED) is 0.128. The van der Waals surface area contributed by atoms with Gasteiger partial charge in [-0.05, 0) is 13.8 Å². The lowest BCUT2D eigenvalue weighted by atomic mass is 10.1. The molecule has 0 aromatic rings. The first-order valence-corrected chi connectivity index (χ1v) is 8.93. The van der Waals surface area contributed by atoms with E-state index < -0.39 is 84.8 Å². The molecule has 6 atom stereocenters. The van der Waals surface area contributed by atoms with Crippen LogP contribution in [0.2, 0.25) is 0 Å². The van der Waals surface area contributed by atoms with Gasteiger partial charge in [0, 0.05) is 0 Å². The van der Waals surface area contributed by atoms with E-state index in [0.29, 0.717) is 0 Å². The molecule has 6 unspecified atom stereocenters. The number of rotatable bonds is 13. The first-order chi connectivity index (χ1) is 14.2. The summed E-state index contributed by atoms with van der Waals surface area (Å²) in [6, 6.07) is -6.77. The number of nitrogens with two attached hydrogens (primary N) is 2. The number of nitrogens with one attached hydrogen (secondary N) is 3. The minimum absolute atomic E-state index is 0.801. The molecule has 0 aromatic carbocycles. The van der Waals surface area contributed by atoms with E-state index in [1.54, 1.807) is 0 Å². The molecule has 0 saturated heterocycles. The second kappa shape index (κ2) is 12.4. The van der Waals surface area contributed by atoms with Gasteiger partial charge in [0.1, 0.15) is 18.1 Å². The summed E-state index contributed by atoms with van der Waals surface area (Å²) < 4.78 is 0. The van der Waals surface area contributed by atoms with E-state index in [4.69, 9.17) is 21.7 Å². The summed E-state index contributed by atoms with van der Waals surface area (Å²) >= 11 is 0. The Labute approximate surface area is 176 Å². The molecule has 0 bridgehead atoms. The monoisotopic (exact) mass is 449 g/mol. The van der Waals surface area contributed by atoms with Gasteiger partial charge in [-0.15, -0.1) is 0 Å². The van der Waals surface area contributed by atoms with Crippen molar-refractivity contribution in [2.45, 2.75) is 63.1 Å². The lowest BCUT2D eigenvalue weighted by Gasteiger charge is -2.25. The maximum atomic E-state index is 12.5. The molecule has 15 heteroatoms. The number of amides is 4. The van der Waals surface area contributed by atoms with Crippen LogP contribution < -0.4 is 27.4 Å². The van der Waals surface area contributed by atoms with Crippen LogP contribution in [-0.2, 0) is 28.8 Å². The van der Waals surface area contributed by atoms with Crippen LogP contribution in [0, 0.1) is 0 Å². The summed E-state index contributed by atoms with van der Waals surface area (Å²) in [4.78, 5) is 70.2. The van der Waals surface area contributed by atoms with Gasteiger partial charge in [-0.2, -0.15) is 0 Å². The zero-order chi connectivity index (χ0) is 24.5. The van der Waals surface area contributed by atoms with Gasteiger partial charge >= 0.3 is 11.9 Å². The Kier molecular flexibility index (Phi) is 11.1. The number of carboxylic acid groups (broad SMARTS) is 2. The summed E-state index contributed by atoms with van der Waals surface area (Å²) in [6.07, 6.45) is -4.60. The summed E-state index contributed by atoms with van der Waals surface area (Å²) in [5.41, 5.74) is 10.4. The average Bonchev–Trinajstić information content (AvgIpc) is 2.62. The van der Waals surface area contributed by atoms with Gasteiger partial charge in [0.2, 0.25) is 23.6 Å². The number of aliphatic carboxylic acids is 2. The molecule has 0 radical (unpaired) electrons. The minimum atomic E-state index is -1.78. The van der Waals surface area contributed by atoms with Gasteiger partial charge in [0.15, 0.2) is 6.04 Å². The largest absolute Gasteiger partial charge is 0.481 e. The zero-order valence-corrected chi connectivity index (χ0v) is 16.8. The molecule has 0 spiro atoms. The first kappa shape index (κ1) is 27.7. The van der Waals surface area contributed by atoms with Gasteiger partial charge in [-0.25, -0.2) is 4.79 Å². The van der Waals surface area contributed by atoms with E-state index in [1.165, 1.54) is 6.92 Å². The number of aliphatic hydroxyl groups is 2. The normalized spacial score (nSPS) is 16.5. The van der Waals surface area contributed by atoms with Crippen molar-refractivity contribution < 1.29 is 49.2 Å². The third-order valence-electron chi connectivity index (χ3n) is 3.92. The first-order valence-electron chi connectivity index (χ1n) is 8.93. The van der Waals surface area contributed by atoms with E-state index in [1.807, 2.05) is 16.0 Å². The summed E-state index contributed by atoms with van der Waals surface area (Å²) in [7, 11) is 0. The van der Waals surface area contributed by atoms with Crippen LogP contribution in [-0.4, -0.2) is 92.4 Å². The Morgan fingerprint density at radius 3 is 1.61 bits per heavy atom. The van der Waals surface area contributed by atoms with Crippen molar-refractivity contribution in [1.29, 1.82) is 0 Å². The Bertz CT molecular complexity index is 711.